The number of rotatable bonds is 6. The average Bonchev–Trinajstić information content (AvgIpc) is 2.75. The van der Waals surface area contributed by atoms with Gasteiger partial charge in [-0.25, -0.2) is 9.55 Å². The Morgan fingerprint density at radius 1 is 1.45 bits per heavy atom. The number of carbonyl (C=O) groups excluding carboxylic acids is 1. The van der Waals surface area contributed by atoms with Crippen molar-refractivity contribution in [2.24, 2.45) is 0 Å². The first-order chi connectivity index (χ1) is 9.97. The maximum atomic E-state index is 10.5. The minimum Gasteiger partial charge on any atom is -0.542 e. The zero-order chi connectivity index (χ0) is 17.4. The predicted molar refractivity (Wildman–Crippen MR) is 67.1 cm³/mol. The molecule has 1 aromatic heterocycles. The Bertz CT molecular complexity index is 569. The Balaban J connectivity index is 0.000000534. The monoisotopic (exact) mass is 346 g/mol. The lowest BCUT2D eigenvalue weighted by atomic mass is 10.3. The number of aromatic nitrogens is 2. The smallest absolute Gasteiger partial charge is 0.430 e. The van der Waals surface area contributed by atoms with Crippen molar-refractivity contribution in [2.75, 3.05) is 5.75 Å². The number of alkyl halides is 3. The molecule has 0 radical (unpaired) electrons. The summed E-state index contributed by atoms with van der Waals surface area (Å²) in [7, 11) is -3.83. The van der Waals surface area contributed by atoms with E-state index < -0.39 is 22.3 Å². The van der Waals surface area contributed by atoms with Gasteiger partial charge in [0.05, 0.1) is 18.7 Å². The molecule has 128 valence electrons. The number of carbonyl (C=O) groups is 1. The van der Waals surface area contributed by atoms with E-state index in [-0.39, 0.29) is 5.75 Å². The quantitative estimate of drug-likeness (QED) is 0.548. The largest absolute Gasteiger partial charge is 0.542 e. The molecular formula is C11H17F3N2O5S. The fraction of sp³-hybridized carbons (Fsp3) is 0.636. The van der Waals surface area contributed by atoms with Gasteiger partial charge in [-0.3, -0.25) is 4.55 Å². The van der Waals surface area contributed by atoms with Crippen molar-refractivity contribution in [1.82, 2.24) is 4.98 Å². The van der Waals surface area contributed by atoms with Crippen molar-refractivity contribution in [3.63, 3.8) is 0 Å². The second kappa shape index (κ2) is 8.73. The van der Waals surface area contributed by atoms with Gasteiger partial charge in [-0.2, -0.15) is 21.6 Å². The average molecular weight is 346 g/mol. The van der Waals surface area contributed by atoms with Crippen LogP contribution >= 0.6 is 0 Å². The number of aliphatic carboxylic acids is 1. The fourth-order valence-electron chi connectivity index (χ4n) is 1.48. The summed E-state index contributed by atoms with van der Waals surface area (Å²) < 4.78 is 63.2. The van der Waals surface area contributed by atoms with E-state index in [0.717, 1.165) is 18.8 Å². The molecule has 0 atom stereocenters. The molecule has 1 heterocycles. The molecule has 0 fully saturated rings. The first-order valence-electron chi connectivity index (χ1n) is 6.26. The highest BCUT2D eigenvalue weighted by Crippen LogP contribution is 2.11. The third kappa shape index (κ3) is 9.34. The SMILES string of the molecule is CCC[n+]1cc[nH]c1CCCS(=O)(=O)O.O=C([O-])C(F)(F)F. The van der Waals surface area contributed by atoms with Crippen LogP contribution in [0, 0.1) is 0 Å². The van der Waals surface area contributed by atoms with Gasteiger partial charge in [0.25, 0.3) is 15.9 Å². The minimum absolute atomic E-state index is 0.182. The van der Waals surface area contributed by atoms with Crippen molar-refractivity contribution in [3.05, 3.63) is 18.2 Å². The Labute approximate surface area is 125 Å². The van der Waals surface area contributed by atoms with Gasteiger partial charge in [0, 0.05) is 0 Å². The summed E-state index contributed by atoms with van der Waals surface area (Å²) in [6.07, 6.45) is 0.675. The highest BCUT2D eigenvalue weighted by Gasteiger charge is 2.28. The van der Waals surface area contributed by atoms with E-state index in [1.165, 1.54) is 0 Å². The number of nitrogens with one attached hydrogen (secondary N) is 1. The van der Waals surface area contributed by atoms with Crippen LogP contribution in [0.5, 0.6) is 0 Å². The van der Waals surface area contributed by atoms with Crippen molar-refractivity contribution in [2.45, 2.75) is 38.9 Å². The lowest BCUT2D eigenvalue weighted by Crippen LogP contribution is -2.37. The molecule has 22 heavy (non-hydrogen) atoms. The zero-order valence-electron chi connectivity index (χ0n) is 11.8. The molecule has 1 rings (SSSR count). The van der Waals surface area contributed by atoms with Crippen LogP contribution < -0.4 is 9.67 Å². The summed E-state index contributed by atoms with van der Waals surface area (Å²) in [6, 6.07) is 0. The topological polar surface area (TPSA) is 114 Å². The maximum Gasteiger partial charge on any atom is 0.430 e. The van der Waals surface area contributed by atoms with Crippen LogP contribution in [0.2, 0.25) is 0 Å². The maximum absolute atomic E-state index is 10.5. The third-order valence-electron chi connectivity index (χ3n) is 2.36. The molecule has 0 saturated heterocycles. The van der Waals surface area contributed by atoms with Crippen LogP contribution in [0.3, 0.4) is 0 Å². The molecule has 0 aliphatic heterocycles. The summed E-state index contributed by atoms with van der Waals surface area (Å²) >= 11 is 0. The van der Waals surface area contributed by atoms with E-state index >= 15 is 0 Å². The van der Waals surface area contributed by atoms with Crippen molar-refractivity contribution in [3.8, 4) is 0 Å². The number of carboxylic acid groups (broad SMARTS) is 1. The second-order valence-corrected chi connectivity index (χ2v) is 5.85. The molecule has 0 saturated carbocycles. The number of halogens is 3. The van der Waals surface area contributed by atoms with Crippen LogP contribution in [-0.4, -0.2) is 35.9 Å². The molecule has 0 unspecified atom stereocenters. The number of aryl methyl sites for hydroxylation is 2. The molecule has 0 bridgehead atoms. The molecule has 0 spiro atoms. The molecule has 0 aliphatic carbocycles. The second-order valence-electron chi connectivity index (χ2n) is 4.27. The molecule has 0 amide bonds. The fourth-order valence-corrected chi connectivity index (χ4v) is 1.99. The lowest BCUT2D eigenvalue weighted by molar-refractivity contribution is -0.702. The normalized spacial score (nSPS) is 11.7. The molecular weight excluding hydrogens is 329 g/mol. The molecule has 0 aromatic carbocycles. The molecule has 7 nitrogen and oxygen atoms in total. The number of hydrogen-bond acceptors (Lipinski definition) is 4. The van der Waals surface area contributed by atoms with E-state index in [2.05, 4.69) is 16.5 Å². The van der Waals surface area contributed by atoms with Gasteiger partial charge >= 0.3 is 6.18 Å². The Kier molecular flexibility index (Phi) is 8.09. The standard InChI is InChI=1S/C9H16N2O3S.C2HF3O2/c1-2-6-11-7-5-10-9(11)4-3-8-15(12,13)14;3-2(4,5)1(6)7/h5,7H,2-4,6,8H2,1H3,(H,12,13,14);(H,6,7). The van der Waals surface area contributed by atoms with Crippen LogP contribution in [0.15, 0.2) is 12.4 Å². The van der Waals surface area contributed by atoms with E-state index in [1.54, 1.807) is 0 Å². The van der Waals surface area contributed by atoms with Crippen LogP contribution in [-0.2, 0) is 27.9 Å². The molecule has 11 heteroatoms. The summed E-state index contributed by atoms with van der Waals surface area (Å²) in [5.74, 6) is -2.19. The van der Waals surface area contributed by atoms with E-state index in [9.17, 15) is 21.6 Å². The summed E-state index contributed by atoms with van der Waals surface area (Å²) in [4.78, 5) is 11.8. The first-order valence-corrected chi connectivity index (χ1v) is 7.87. The summed E-state index contributed by atoms with van der Waals surface area (Å²) in [5, 5.41) is 8.78. The van der Waals surface area contributed by atoms with Crippen LogP contribution in [0.1, 0.15) is 25.6 Å². The van der Waals surface area contributed by atoms with Crippen molar-refractivity contribution < 1.29 is 40.6 Å². The summed E-state index contributed by atoms with van der Waals surface area (Å²) in [6.45, 7) is 3.01. The highest BCUT2D eigenvalue weighted by atomic mass is 32.2. The number of H-pyrrole nitrogens is 1. The van der Waals surface area contributed by atoms with Gasteiger partial charge in [-0.05, 0) is 12.8 Å². The van der Waals surface area contributed by atoms with E-state index in [4.69, 9.17) is 14.5 Å². The third-order valence-corrected chi connectivity index (χ3v) is 3.17. The molecule has 0 aliphatic rings. The number of nitrogens with zero attached hydrogens (tertiary/aromatic N) is 1. The van der Waals surface area contributed by atoms with Crippen molar-refractivity contribution in [1.29, 1.82) is 0 Å². The molecule has 1 aromatic rings. The Morgan fingerprint density at radius 2 is 2.00 bits per heavy atom. The van der Waals surface area contributed by atoms with Gasteiger partial charge in [0.2, 0.25) is 0 Å². The Morgan fingerprint density at radius 3 is 2.41 bits per heavy atom. The van der Waals surface area contributed by atoms with E-state index in [1.807, 2.05) is 12.4 Å². The van der Waals surface area contributed by atoms with Crippen molar-refractivity contribution >= 4 is 16.1 Å². The van der Waals surface area contributed by atoms with Crippen LogP contribution in [0.4, 0.5) is 13.2 Å². The Hall–Kier alpha value is -1.62. The number of imidazole rings is 1. The van der Waals surface area contributed by atoms with Gasteiger partial charge in [-0.15, -0.1) is 0 Å². The number of carboxylic acids is 1. The number of hydrogen-bond donors (Lipinski definition) is 2. The summed E-state index contributed by atoms with van der Waals surface area (Å²) in [5.41, 5.74) is 0. The minimum atomic E-state index is -5.19. The zero-order valence-corrected chi connectivity index (χ0v) is 12.6. The van der Waals surface area contributed by atoms with Crippen LogP contribution in [0.25, 0.3) is 0 Å². The first kappa shape index (κ1) is 20.4. The van der Waals surface area contributed by atoms with E-state index in [0.29, 0.717) is 12.8 Å². The van der Waals surface area contributed by atoms with Gasteiger partial charge in [0.1, 0.15) is 18.4 Å². The van der Waals surface area contributed by atoms with Gasteiger partial charge in [0.15, 0.2) is 0 Å². The van der Waals surface area contributed by atoms with Gasteiger partial charge in [-0.1, -0.05) is 6.92 Å². The lowest BCUT2D eigenvalue weighted by Gasteiger charge is -2.03. The number of aromatic amines is 1. The predicted octanol–water partition coefficient (Wildman–Crippen LogP) is -0.169. The van der Waals surface area contributed by atoms with Gasteiger partial charge < -0.3 is 9.90 Å². The highest BCUT2D eigenvalue weighted by molar-refractivity contribution is 7.85. The molecule has 2 N–H and O–H groups in total.